The van der Waals surface area contributed by atoms with E-state index in [-0.39, 0.29) is 11.3 Å². The molecule has 2 aromatic rings. The van der Waals surface area contributed by atoms with Gasteiger partial charge in [0.15, 0.2) is 0 Å². The Morgan fingerprint density at radius 3 is 2.39 bits per heavy atom. The molecule has 0 spiro atoms. The van der Waals surface area contributed by atoms with Gasteiger partial charge in [-0.05, 0) is 6.07 Å². The van der Waals surface area contributed by atoms with E-state index >= 15 is 0 Å². The fourth-order valence-corrected chi connectivity index (χ4v) is 2.66. The lowest BCUT2D eigenvalue weighted by molar-refractivity contribution is -0.133. The van der Waals surface area contributed by atoms with Crippen molar-refractivity contribution in [2.75, 3.05) is 7.11 Å². The van der Waals surface area contributed by atoms with Gasteiger partial charge < -0.3 is 15.2 Å². The molecule has 1 heterocycles. The van der Waals surface area contributed by atoms with Crippen molar-refractivity contribution in [3.05, 3.63) is 71.3 Å². The molecule has 1 aliphatic rings. The molecule has 0 bridgehead atoms. The lowest BCUT2D eigenvalue weighted by Gasteiger charge is -2.16. The second-order valence-corrected chi connectivity index (χ2v) is 5.11. The molecule has 1 fully saturated rings. The van der Waals surface area contributed by atoms with Crippen LogP contribution in [0.5, 0.6) is 5.75 Å². The number of Topliss-reactive ketones (excluding diaryl/α,β-unsaturated/α-hetero) is 1. The van der Waals surface area contributed by atoms with Crippen molar-refractivity contribution in [1.29, 1.82) is 0 Å². The van der Waals surface area contributed by atoms with E-state index < -0.39 is 17.7 Å². The highest BCUT2D eigenvalue weighted by atomic mass is 16.5. The number of benzene rings is 2. The van der Waals surface area contributed by atoms with Crippen LogP contribution in [0.25, 0.3) is 5.76 Å². The molecular formula is C18H15NO4. The van der Waals surface area contributed by atoms with Crippen LogP contribution in [0.15, 0.2) is 60.2 Å². The van der Waals surface area contributed by atoms with Crippen molar-refractivity contribution < 1.29 is 19.4 Å². The van der Waals surface area contributed by atoms with Crippen LogP contribution in [0.4, 0.5) is 0 Å². The summed E-state index contributed by atoms with van der Waals surface area (Å²) in [6.07, 6.45) is 0. The van der Waals surface area contributed by atoms with E-state index in [0.29, 0.717) is 16.9 Å². The van der Waals surface area contributed by atoms with E-state index in [2.05, 4.69) is 5.32 Å². The third-order valence-corrected chi connectivity index (χ3v) is 3.77. The molecule has 1 amide bonds. The van der Waals surface area contributed by atoms with Gasteiger partial charge >= 0.3 is 0 Å². The Labute approximate surface area is 133 Å². The summed E-state index contributed by atoms with van der Waals surface area (Å²) in [5, 5.41) is 13.1. The Bertz CT molecular complexity index is 796. The second kappa shape index (κ2) is 5.96. The number of hydrogen-bond donors (Lipinski definition) is 2. The van der Waals surface area contributed by atoms with Crippen LogP contribution in [0, 0.1) is 0 Å². The molecule has 3 rings (SSSR count). The average molecular weight is 309 g/mol. The number of carbonyl (C=O) groups is 2. The Hall–Kier alpha value is -3.08. The minimum atomic E-state index is -0.744. The fourth-order valence-electron chi connectivity index (χ4n) is 2.66. The molecule has 0 aromatic heterocycles. The summed E-state index contributed by atoms with van der Waals surface area (Å²) in [4.78, 5) is 24.1. The summed E-state index contributed by atoms with van der Waals surface area (Å²) in [6, 6.07) is 15.0. The number of ketones is 1. The Balaban J connectivity index is 2.16. The molecule has 0 saturated carbocycles. The van der Waals surface area contributed by atoms with E-state index in [1.807, 2.05) is 0 Å². The highest BCUT2D eigenvalue weighted by molar-refractivity contribution is 6.46. The standard InChI is InChI=1S/C18H15NO4/c1-23-13-10-6-5-9-12(13)15-14(17(21)18(22)19-15)16(20)11-7-3-2-4-8-11/h2-10,15,20H,1H3,(H,19,22). The quantitative estimate of drug-likeness (QED) is 0.518. The maximum Gasteiger partial charge on any atom is 0.293 e. The maximum absolute atomic E-state index is 12.2. The van der Waals surface area contributed by atoms with Gasteiger partial charge in [-0.3, -0.25) is 9.59 Å². The Morgan fingerprint density at radius 1 is 1.04 bits per heavy atom. The number of ether oxygens (including phenoxy) is 1. The smallest absolute Gasteiger partial charge is 0.293 e. The molecule has 1 atom stereocenters. The zero-order valence-corrected chi connectivity index (χ0v) is 12.4. The predicted octanol–water partition coefficient (Wildman–Crippen LogP) is 2.40. The zero-order chi connectivity index (χ0) is 16.4. The lowest BCUT2D eigenvalue weighted by Crippen LogP contribution is -2.21. The van der Waals surface area contributed by atoms with Gasteiger partial charge in [0.05, 0.1) is 18.7 Å². The molecule has 1 saturated heterocycles. The average Bonchev–Trinajstić information content (AvgIpc) is 2.90. The van der Waals surface area contributed by atoms with Crippen LogP contribution in [0.1, 0.15) is 17.2 Å². The molecule has 2 aromatic carbocycles. The minimum absolute atomic E-state index is 0.0331. The number of rotatable bonds is 3. The van der Waals surface area contributed by atoms with Crippen LogP contribution < -0.4 is 10.1 Å². The molecular weight excluding hydrogens is 294 g/mol. The van der Waals surface area contributed by atoms with Gasteiger partial charge in [0.2, 0.25) is 0 Å². The molecule has 0 aliphatic carbocycles. The number of nitrogens with one attached hydrogen (secondary N) is 1. The molecule has 5 nitrogen and oxygen atoms in total. The highest BCUT2D eigenvalue weighted by Crippen LogP contribution is 2.36. The van der Waals surface area contributed by atoms with Crippen LogP contribution in [-0.2, 0) is 9.59 Å². The van der Waals surface area contributed by atoms with Gasteiger partial charge in [-0.2, -0.15) is 0 Å². The monoisotopic (exact) mass is 309 g/mol. The van der Waals surface area contributed by atoms with E-state index in [9.17, 15) is 14.7 Å². The minimum Gasteiger partial charge on any atom is -0.507 e. The lowest BCUT2D eigenvalue weighted by atomic mass is 9.95. The number of aliphatic hydroxyl groups excluding tert-OH is 1. The highest BCUT2D eigenvalue weighted by Gasteiger charge is 2.40. The molecule has 1 unspecified atom stereocenters. The number of amides is 1. The SMILES string of the molecule is COc1ccccc1C1NC(=O)C(=O)C1=C(O)c1ccccc1. The molecule has 0 radical (unpaired) electrons. The first-order valence-corrected chi connectivity index (χ1v) is 7.10. The van der Waals surface area contributed by atoms with E-state index in [1.165, 1.54) is 7.11 Å². The number of carbonyl (C=O) groups excluding carboxylic acids is 2. The number of para-hydroxylation sites is 1. The van der Waals surface area contributed by atoms with Crippen LogP contribution in [0.3, 0.4) is 0 Å². The first-order chi connectivity index (χ1) is 11.1. The molecule has 23 heavy (non-hydrogen) atoms. The first-order valence-electron chi connectivity index (χ1n) is 7.10. The van der Waals surface area contributed by atoms with E-state index in [4.69, 9.17) is 4.74 Å². The summed E-state index contributed by atoms with van der Waals surface area (Å²) < 4.78 is 5.30. The van der Waals surface area contributed by atoms with Crippen LogP contribution in [0.2, 0.25) is 0 Å². The molecule has 2 N–H and O–H groups in total. The van der Waals surface area contributed by atoms with Crippen molar-refractivity contribution in [3.8, 4) is 5.75 Å². The van der Waals surface area contributed by atoms with Gasteiger partial charge in [0.25, 0.3) is 11.7 Å². The molecule has 116 valence electrons. The van der Waals surface area contributed by atoms with Crippen molar-refractivity contribution in [2.24, 2.45) is 0 Å². The van der Waals surface area contributed by atoms with E-state index in [0.717, 1.165) is 0 Å². The molecule has 5 heteroatoms. The largest absolute Gasteiger partial charge is 0.507 e. The van der Waals surface area contributed by atoms with Gasteiger partial charge in [-0.15, -0.1) is 0 Å². The van der Waals surface area contributed by atoms with Crippen molar-refractivity contribution in [1.82, 2.24) is 5.32 Å². The molecule has 1 aliphatic heterocycles. The zero-order valence-electron chi connectivity index (χ0n) is 12.4. The van der Waals surface area contributed by atoms with E-state index in [1.54, 1.807) is 54.6 Å². The summed E-state index contributed by atoms with van der Waals surface area (Å²) in [5.41, 5.74) is 1.13. The topological polar surface area (TPSA) is 75.6 Å². The third-order valence-electron chi connectivity index (χ3n) is 3.77. The normalized spacial score (nSPS) is 19.4. The number of hydrogen-bond acceptors (Lipinski definition) is 4. The van der Waals surface area contributed by atoms with Gasteiger partial charge in [0, 0.05) is 11.1 Å². The summed E-state index contributed by atoms with van der Waals surface area (Å²) in [7, 11) is 1.51. The second-order valence-electron chi connectivity index (χ2n) is 5.11. The third kappa shape index (κ3) is 2.57. The number of aliphatic hydroxyl groups is 1. The Morgan fingerprint density at radius 2 is 1.70 bits per heavy atom. The summed E-state index contributed by atoms with van der Waals surface area (Å²) >= 11 is 0. The van der Waals surface area contributed by atoms with Crippen LogP contribution in [-0.4, -0.2) is 23.9 Å². The first kappa shape index (κ1) is 14.8. The maximum atomic E-state index is 12.2. The fraction of sp³-hybridized carbons (Fsp3) is 0.111. The van der Waals surface area contributed by atoms with Crippen LogP contribution >= 0.6 is 0 Å². The van der Waals surface area contributed by atoms with Gasteiger partial charge in [0.1, 0.15) is 11.5 Å². The van der Waals surface area contributed by atoms with Gasteiger partial charge in [-0.25, -0.2) is 0 Å². The number of methoxy groups -OCH3 is 1. The summed E-state index contributed by atoms with van der Waals surface area (Å²) in [6.45, 7) is 0. The predicted molar refractivity (Wildman–Crippen MR) is 84.9 cm³/mol. The van der Waals surface area contributed by atoms with Crippen molar-refractivity contribution >= 4 is 17.4 Å². The Kier molecular flexibility index (Phi) is 3.85. The summed E-state index contributed by atoms with van der Waals surface area (Å²) in [5.74, 6) is -1.14. The van der Waals surface area contributed by atoms with Gasteiger partial charge in [-0.1, -0.05) is 48.5 Å². The van der Waals surface area contributed by atoms with Crippen molar-refractivity contribution in [2.45, 2.75) is 6.04 Å². The van der Waals surface area contributed by atoms with Crippen molar-refractivity contribution in [3.63, 3.8) is 0 Å².